The average Bonchev–Trinajstić information content (AvgIpc) is 2.22. The predicted octanol–water partition coefficient (Wildman–Crippen LogP) is 1.26. The van der Waals surface area contributed by atoms with Crippen LogP contribution in [0.5, 0.6) is 0 Å². The van der Waals surface area contributed by atoms with Crippen LogP contribution in [0, 0.1) is 10.8 Å². The van der Waals surface area contributed by atoms with Crippen LogP contribution < -0.4 is 5.32 Å². The quantitative estimate of drug-likeness (QED) is 0.629. The smallest absolute Gasteiger partial charge is 0.251 e. The molecular formula is C12H19N3O2. The van der Waals surface area contributed by atoms with E-state index in [1.165, 1.54) is 6.21 Å². The minimum Gasteiger partial charge on any atom is -0.387 e. The lowest BCUT2D eigenvalue weighted by molar-refractivity contribution is -0.123. The van der Waals surface area contributed by atoms with Gasteiger partial charge in [0.25, 0.3) is 5.91 Å². The Balaban J connectivity index is 4.20. The van der Waals surface area contributed by atoms with Crippen LogP contribution in [0.15, 0.2) is 29.5 Å². The van der Waals surface area contributed by atoms with Crippen LogP contribution in [0.2, 0.25) is 0 Å². The van der Waals surface area contributed by atoms with Gasteiger partial charge in [-0.3, -0.25) is 4.79 Å². The number of rotatable bonds is 5. The zero-order valence-electron chi connectivity index (χ0n) is 10.4. The van der Waals surface area contributed by atoms with E-state index in [0.29, 0.717) is 5.71 Å². The molecule has 0 saturated heterocycles. The molecular weight excluding hydrogens is 218 g/mol. The standard InChI is InChI=1S/C12H19N3O2/c1-9(15-11(17)8-16)14-7-5-6-10(13)12(2,3)4/h5-7,13,16H,1,8H2,2-4H3,(H,15,17)/b6-5-,13-10?,14-7+. The third-order valence-electron chi connectivity index (χ3n) is 1.81. The number of aliphatic hydroxyl groups is 1. The molecule has 3 N–H and O–H groups in total. The summed E-state index contributed by atoms with van der Waals surface area (Å²) in [5, 5.41) is 18.4. The van der Waals surface area contributed by atoms with E-state index < -0.39 is 12.5 Å². The summed E-state index contributed by atoms with van der Waals surface area (Å²) in [6, 6.07) is 0. The van der Waals surface area contributed by atoms with Crippen LogP contribution in [0.1, 0.15) is 20.8 Å². The Hall–Kier alpha value is -1.75. The molecule has 0 aliphatic rings. The molecule has 5 nitrogen and oxygen atoms in total. The summed E-state index contributed by atoms with van der Waals surface area (Å²) in [6.45, 7) is 8.71. The second-order valence-electron chi connectivity index (χ2n) is 4.45. The van der Waals surface area contributed by atoms with Crippen LogP contribution in [0.4, 0.5) is 0 Å². The second kappa shape index (κ2) is 6.75. The van der Waals surface area contributed by atoms with Gasteiger partial charge in [0.05, 0.1) is 0 Å². The number of nitrogens with zero attached hydrogens (tertiary/aromatic N) is 1. The summed E-state index contributed by atoms with van der Waals surface area (Å²) < 4.78 is 0. The summed E-state index contributed by atoms with van der Waals surface area (Å²) in [5.41, 5.74) is 0.279. The van der Waals surface area contributed by atoms with E-state index in [1.807, 2.05) is 20.8 Å². The van der Waals surface area contributed by atoms with Crippen molar-refractivity contribution in [3.8, 4) is 0 Å². The van der Waals surface area contributed by atoms with Gasteiger partial charge in [-0.25, -0.2) is 4.99 Å². The first kappa shape index (κ1) is 15.2. The van der Waals surface area contributed by atoms with E-state index in [1.54, 1.807) is 12.2 Å². The lowest BCUT2D eigenvalue weighted by Gasteiger charge is -2.16. The number of aliphatic hydroxyl groups excluding tert-OH is 1. The molecule has 0 aliphatic carbocycles. The predicted molar refractivity (Wildman–Crippen MR) is 69.2 cm³/mol. The summed E-state index contributed by atoms with van der Waals surface area (Å²) in [4.78, 5) is 14.6. The first-order valence-electron chi connectivity index (χ1n) is 5.16. The highest BCUT2D eigenvalue weighted by Crippen LogP contribution is 2.14. The van der Waals surface area contributed by atoms with Gasteiger partial charge in [-0.05, 0) is 12.2 Å². The molecule has 1 amide bonds. The first-order chi connectivity index (χ1) is 7.77. The van der Waals surface area contributed by atoms with Crippen molar-refractivity contribution in [2.24, 2.45) is 10.4 Å². The second-order valence-corrected chi connectivity index (χ2v) is 4.45. The van der Waals surface area contributed by atoms with E-state index in [0.717, 1.165) is 0 Å². The Morgan fingerprint density at radius 3 is 2.59 bits per heavy atom. The Morgan fingerprint density at radius 1 is 1.53 bits per heavy atom. The van der Waals surface area contributed by atoms with Crippen molar-refractivity contribution in [2.75, 3.05) is 6.61 Å². The number of nitrogens with one attached hydrogen (secondary N) is 2. The monoisotopic (exact) mass is 237 g/mol. The van der Waals surface area contributed by atoms with Crippen LogP contribution in [-0.4, -0.2) is 29.5 Å². The molecule has 0 radical (unpaired) electrons. The Bertz CT molecular complexity index is 362. The first-order valence-corrected chi connectivity index (χ1v) is 5.16. The number of hydrogen-bond acceptors (Lipinski definition) is 4. The summed E-state index contributed by atoms with van der Waals surface area (Å²) in [6.07, 6.45) is 4.66. The topological polar surface area (TPSA) is 85.5 Å². The molecule has 0 aromatic carbocycles. The van der Waals surface area contributed by atoms with E-state index in [-0.39, 0.29) is 11.2 Å². The number of hydrogen-bond donors (Lipinski definition) is 3. The highest BCUT2D eigenvalue weighted by molar-refractivity contribution is 5.99. The molecule has 0 saturated carbocycles. The maximum atomic E-state index is 10.7. The van der Waals surface area contributed by atoms with Crippen molar-refractivity contribution in [2.45, 2.75) is 20.8 Å². The zero-order valence-corrected chi connectivity index (χ0v) is 10.4. The highest BCUT2D eigenvalue weighted by atomic mass is 16.3. The summed E-state index contributed by atoms with van der Waals surface area (Å²) in [7, 11) is 0. The lowest BCUT2D eigenvalue weighted by atomic mass is 9.90. The fourth-order valence-electron chi connectivity index (χ4n) is 0.755. The minimum atomic E-state index is -0.598. The maximum absolute atomic E-state index is 10.7. The number of amides is 1. The molecule has 0 atom stereocenters. The number of allylic oxidation sites excluding steroid dienone is 2. The number of carbonyl (C=O) groups is 1. The maximum Gasteiger partial charge on any atom is 0.251 e. The SMILES string of the molecule is C=C(/N=C/C=C\C(=N)C(C)(C)C)NC(=O)CO. The van der Waals surface area contributed by atoms with Gasteiger partial charge in [-0.15, -0.1) is 0 Å². The van der Waals surface area contributed by atoms with Crippen molar-refractivity contribution in [3.63, 3.8) is 0 Å². The van der Waals surface area contributed by atoms with Gasteiger partial charge < -0.3 is 15.8 Å². The van der Waals surface area contributed by atoms with Gasteiger partial charge in [0, 0.05) is 17.3 Å². The van der Waals surface area contributed by atoms with Crippen LogP contribution in [0.3, 0.4) is 0 Å². The fraction of sp³-hybridized carbons (Fsp3) is 0.417. The van der Waals surface area contributed by atoms with Crippen LogP contribution >= 0.6 is 0 Å². The van der Waals surface area contributed by atoms with E-state index in [4.69, 9.17) is 10.5 Å². The third kappa shape index (κ3) is 7.19. The average molecular weight is 237 g/mol. The van der Waals surface area contributed by atoms with Gasteiger partial charge in [0.1, 0.15) is 12.4 Å². The molecule has 0 rings (SSSR count). The molecule has 0 bridgehead atoms. The highest BCUT2D eigenvalue weighted by Gasteiger charge is 2.13. The normalized spacial score (nSPS) is 12.0. The Morgan fingerprint density at radius 2 is 2.12 bits per heavy atom. The van der Waals surface area contributed by atoms with Crippen LogP contribution in [-0.2, 0) is 4.79 Å². The summed E-state index contributed by atoms with van der Waals surface area (Å²) >= 11 is 0. The van der Waals surface area contributed by atoms with Gasteiger partial charge in [0.15, 0.2) is 0 Å². The molecule has 17 heavy (non-hydrogen) atoms. The number of aliphatic imine (C=N–C) groups is 1. The number of carbonyl (C=O) groups excluding carboxylic acids is 1. The van der Waals surface area contributed by atoms with Gasteiger partial charge in [-0.1, -0.05) is 27.4 Å². The fourth-order valence-corrected chi connectivity index (χ4v) is 0.755. The molecule has 0 fully saturated rings. The molecule has 0 spiro atoms. The minimum absolute atomic E-state index is 0.149. The van der Waals surface area contributed by atoms with Gasteiger partial charge in [0.2, 0.25) is 0 Å². The van der Waals surface area contributed by atoms with E-state index in [2.05, 4.69) is 16.9 Å². The Labute approximate surface area is 101 Å². The van der Waals surface area contributed by atoms with E-state index in [9.17, 15) is 4.79 Å². The third-order valence-corrected chi connectivity index (χ3v) is 1.81. The van der Waals surface area contributed by atoms with Crippen molar-refractivity contribution >= 4 is 17.8 Å². The van der Waals surface area contributed by atoms with E-state index >= 15 is 0 Å². The zero-order chi connectivity index (χ0) is 13.5. The lowest BCUT2D eigenvalue weighted by Crippen LogP contribution is -2.24. The van der Waals surface area contributed by atoms with Crippen molar-refractivity contribution in [1.82, 2.24) is 5.32 Å². The molecule has 0 heterocycles. The summed E-state index contributed by atoms with van der Waals surface area (Å²) in [5.74, 6) is -0.408. The molecule has 0 unspecified atom stereocenters. The van der Waals surface area contributed by atoms with Gasteiger partial charge >= 0.3 is 0 Å². The van der Waals surface area contributed by atoms with Crippen molar-refractivity contribution in [1.29, 1.82) is 5.41 Å². The van der Waals surface area contributed by atoms with Crippen molar-refractivity contribution < 1.29 is 9.90 Å². The molecule has 5 heteroatoms. The Kier molecular flexibility index (Phi) is 6.06. The van der Waals surface area contributed by atoms with Crippen molar-refractivity contribution in [3.05, 3.63) is 24.6 Å². The molecule has 0 aromatic heterocycles. The van der Waals surface area contributed by atoms with Gasteiger partial charge in [-0.2, -0.15) is 0 Å². The van der Waals surface area contributed by atoms with Crippen LogP contribution in [0.25, 0.3) is 0 Å². The largest absolute Gasteiger partial charge is 0.387 e. The molecule has 94 valence electrons. The molecule has 0 aromatic rings. The molecule has 0 aliphatic heterocycles.